The van der Waals surface area contributed by atoms with Crippen molar-refractivity contribution in [2.75, 3.05) is 19.6 Å². The summed E-state index contributed by atoms with van der Waals surface area (Å²) < 4.78 is 0. The molecule has 1 heterocycles. The van der Waals surface area contributed by atoms with Gasteiger partial charge in [-0.05, 0) is 19.3 Å². The Morgan fingerprint density at radius 1 is 1.12 bits per heavy atom. The minimum absolute atomic E-state index is 0.0185. The van der Waals surface area contributed by atoms with E-state index >= 15 is 0 Å². The monoisotopic (exact) mass is 348 g/mol. The van der Waals surface area contributed by atoms with Crippen LogP contribution in [0.3, 0.4) is 0 Å². The highest BCUT2D eigenvalue weighted by molar-refractivity contribution is 5.92. The van der Waals surface area contributed by atoms with E-state index in [0.29, 0.717) is 37.7 Å². The number of rotatable bonds is 11. The molecule has 6 nitrogen and oxygen atoms in total. The molecule has 0 aliphatic rings. The third kappa shape index (κ3) is 8.61. The standard InChI is InChI=1S/C19H32N4O2/c1-5-6-7-8-10-23(11-9-18(24)22-12-15(2)3)19(25)17-14-20-16(4)13-21-17/h13-15H,5-12H2,1-4H3,(H,22,24). The largest absolute Gasteiger partial charge is 0.356 e. The van der Waals surface area contributed by atoms with Crippen LogP contribution in [0.25, 0.3) is 0 Å². The first-order chi connectivity index (χ1) is 11.9. The fraction of sp³-hybridized carbons (Fsp3) is 0.684. The molecule has 140 valence electrons. The summed E-state index contributed by atoms with van der Waals surface area (Å²) in [5, 5.41) is 2.90. The second kappa shape index (κ2) is 11.6. The molecule has 0 spiro atoms. The molecular weight excluding hydrogens is 316 g/mol. The van der Waals surface area contributed by atoms with Crippen molar-refractivity contribution in [1.29, 1.82) is 0 Å². The molecule has 0 aliphatic heterocycles. The van der Waals surface area contributed by atoms with Crippen LogP contribution in [-0.2, 0) is 4.79 Å². The Bertz CT molecular complexity index is 529. The van der Waals surface area contributed by atoms with Gasteiger partial charge in [0.25, 0.3) is 5.91 Å². The topological polar surface area (TPSA) is 75.2 Å². The summed E-state index contributed by atoms with van der Waals surface area (Å²) in [4.78, 5) is 34.7. The Balaban J connectivity index is 2.63. The number of carbonyl (C=O) groups excluding carboxylic acids is 2. The summed E-state index contributed by atoms with van der Waals surface area (Å²) in [6, 6.07) is 0. The molecule has 1 aromatic rings. The number of nitrogens with one attached hydrogen (secondary N) is 1. The lowest BCUT2D eigenvalue weighted by molar-refractivity contribution is -0.121. The third-order valence-electron chi connectivity index (χ3n) is 3.89. The Morgan fingerprint density at radius 3 is 2.48 bits per heavy atom. The zero-order valence-electron chi connectivity index (χ0n) is 16.0. The SMILES string of the molecule is CCCCCCN(CCC(=O)NCC(C)C)C(=O)c1cnc(C)cn1. The number of hydrogen-bond acceptors (Lipinski definition) is 4. The number of amides is 2. The van der Waals surface area contributed by atoms with Crippen LogP contribution in [-0.4, -0.2) is 46.3 Å². The number of aryl methyl sites for hydroxylation is 1. The number of aromatic nitrogens is 2. The van der Waals surface area contributed by atoms with Gasteiger partial charge in [-0.3, -0.25) is 14.6 Å². The summed E-state index contributed by atoms with van der Waals surface area (Å²) in [6.07, 6.45) is 7.74. The van der Waals surface area contributed by atoms with Crippen molar-refractivity contribution in [3.63, 3.8) is 0 Å². The van der Waals surface area contributed by atoms with Crippen LogP contribution in [0.4, 0.5) is 0 Å². The molecule has 0 saturated carbocycles. The molecule has 1 N–H and O–H groups in total. The van der Waals surface area contributed by atoms with E-state index < -0.39 is 0 Å². The van der Waals surface area contributed by atoms with Gasteiger partial charge in [0.05, 0.1) is 11.9 Å². The highest BCUT2D eigenvalue weighted by Gasteiger charge is 2.18. The van der Waals surface area contributed by atoms with Crippen LogP contribution < -0.4 is 5.32 Å². The predicted octanol–water partition coefficient (Wildman–Crippen LogP) is 2.97. The van der Waals surface area contributed by atoms with Crippen molar-refractivity contribution in [3.05, 3.63) is 23.8 Å². The molecule has 0 unspecified atom stereocenters. The molecular formula is C19H32N4O2. The van der Waals surface area contributed by atoms with Crippen LogP contribution in [0, 0.1) is 12.8 Å². The summed E-state index contributed by atoms with van der Waals surface area (Å²) >= 11 is 0. The zero-order valence-corrected chi connectivity index (χ0v) is 16.0. The van der Waals surface area contributed by atoms with E-state index in [1.165, 1.54) is 6.20 Å². The van der Waals surface area contributed by atoms with Gasteiger partial charge in [0.1, 0.15) is 5.69 Å². The Kier molecular flexibility index (Phi) is 9.73. The minimum atomic E-state index is -0.152. The first kappa shape index (κ1) is 21.1. The molecule has 1 aromatic heterocycles. The van der Waals surface area contributed by atoms with Gasteiger partial charge in [0.15, 0.2) is 0 Å². The average molecular weight is 348 g/mol. The minimum Gasteiger partial charge on any atom is -0.356 e. The van der Waals surface area contributed by atoms with E-state index in [4.69, 9.17) is 0 Å². The highest BCUT2D eigenvalue weighted by atomic mass is 16.2. The maximum atomic E-state index is 12.7. The molecule has 25 heavy (non-hydrogen) atoms. The first-order valence-corrected chi connectivity index (χ1v) is 9.28. The quantitative estimate of drug-likeness (QED) is 0.624. The van der Waals surface area contributed by atoms with Crippen molar-refractivity contribution in [2.45, 2.75) is 59.8 Å². The molecule has 0 radical (unpaired) electrons. The van der Waals surface area contributed by atoms with Gasteiger partial charge in [0, 0.05) is 32.3 Å². The second-order valence-corrected chi connectivity index (χ2v) is 6.84. The molecule has 6 heteroatoms. The van der Waals surface area contributed by atoms with Gasteiger partial charge in [-0.1, -0.05) is 40.0 Å². The van der Waals surface area contributed by atoms with Crippen molar-refractivity contribution in [2.24, 2.45) is 5.92 Å². The van der Waals surface area contributed by atoms with Crippen molar-refractivity contribution in [3.8, 4) is 0 Å². The molecule has 0 fully saturated rings. The number of hydrogen-bond donors (Lipinski definition) is 1. The second-order valence-electron chi connectivity index (χ2n) is 6.84. The maximum absolute atomic E-state index is 12.7. The predicted molar refractivity (Wildman–Crippen MR) is 99.3 cm³/mol. The van der Waals surface area contributed by atoms with Crippen molar-refractivity contribution in [1.82, 2.24) is 20.2 Å². The molecule has 1 rings (SSSR count). The van der Waals surface area contributed by atoms with Gasteiger partial charge in [-0.25, -0.2) is 4.98 Å². The molecule has 0 atom stereocenters. The number of carbonyl (C=O) groups is 2. The summed E-state index contributed by atoms with van der Waals surface area (Å²) in [7, 11) is 0. The fourth-order valence-electron chi connectivity index (χ4n) is 2.35. The first-order valence-electron chi connectivity index (χ1n) is 9.28. The van der Waals surface area contributed by atoms with E-state index in [-0.39, 0.29) is 11.8 Å². The van der Waals surface area contributed by atoms with E-state index in [0.717, 1.165) is 31.4 Å². The normalized spacial score (nSPS) is 10.8. The van der Waals surface area contributed by atoms with E-state index in [1.807, 2.05) is 6.92 Å². The lowest BCUT2D eigenvalue weighted by Gasteiger charge is -2.22. The molecule has 0 aromatic carbocycles. The van der Waals surface area contributed by atoms with Gasteiger partial charge < -0.3 is 10.2 Å². The Morgan fingerprint density at radius 2 is 1.88 bits per heavy atom. The maximum Gasteiger partial charge on any atom is 0.274 e. The number of nitrogens with zero attached hydrogens (tertiary/aromatic N) is 3. The smallest absolute Gasteiger partial charge is 0.274 e. The van der Waals surface area contributed by atoms with E-state index in [1.54, 1.807) is 11.1 Å². The Labute approximate surface area is 151 Å². The molecule has 0 saturated heterocycles. The van der Waals surface area contributed by atoms with Crippen LogP contribution in [0.15, 0.2) is 12.4 Å². The van der Waals surface area contributed by atoms with Gasteiger partial charge in [0.2, 0.25) is 5.91 Å². The lowest BCUT2D eigenvalue weighted by atomic mass is 10.2. The molecule has 0 aliphatic carbocycles. The third-order valence-corrected chi connectivity index (χ3v) is 3.89. The average Bonchev–Trinajstić information content (AvgIpc) is 2.59. The van der Waals surface area contributed by atoms with Gasteiger partial charge in [-0.2, -0.15) is 0 Å². The van der Waals surface area contributed by atoms with Crippen molar-refractivity contribution < 1.29 is 9.59 Å². The van der Waals surface area contributed by atoms with Crippen LogP contribution >= 0.6 is 0 Å². The Hall–Kier alpha value is -1.98. The molecule has 2 amide bonds. The van der Waals surface area contributed by atoms with Crippen LogP contribution in [0.1, 0.15) is 69.1 Å². The van der Waals surface area contributed by atoms with Crippen LogP contribution in [0.2, 0.25) is 0 Å². The summed E-state index contributed by atoms with van der Waals surface area (Å²) in [6.45, 7) is 9.82. The lowest BCUT2D eigenvalue weighted by Crippen LogP contribution is -2.37. The zero-order chi connectivity index (χ0) is 18.7. The van der Waals surface area contributed by atoms with Gasteiger partial charge >= 0.3 is 0 Å². The number of unbranched alkanes of at least 4 members (excludes halogenated alkanes) is 3. The van der Waals surface area contributed by atoms with Crippen LogP contribution in [0.5, 0.6) is 0 Å². The van der Waals surface area contributed by atoms with Gasteiger partial charge in [-0.15, -0.1) is 0 Å². The van der Waals surface area contributed by atoms with E-state index in [9.17, 15) is 9.59 Å². The molecule has 0 bridgehead atoms. The summed E-state index contributed by atoms with van der Waals surface area (Å²) in [5.41, 5.74) is 1.11. The van der Waals surface area contributed by atoms with Crippen molar-refractivity contribution >= 4 is 11.8 Å². The summed E-state index contributed by atoms with van der Waals surface area (Å²) in [5.74, 6) is 0.245. The fourth-order valence-corrected chi connectivity index (χ4v) is 2.35. The van der Waals surface area contributed by atoms with E-state index in [2.05, 4.69) is 36.1 Å². The highest BCUT2D eigenvalue weighted by Crippen LogP contribution is 2.07.